The summed E-state index contributed by atoms with van der Waals surface area (Å²) >= 11 is 0. The molecule has 1 saturated carbocycles. The van der Waals surface area contributed by atoms with Crippen molar-refractivity contribution in [1.29, 1.82) is 0 Å². The minimum atomic E-state index is -0.996. The maximum atomic E-state index is 14.8. The quantitative estimate of drug-likeness (QED) is 0.338. The molecule has 3 aliphatic rings. The largest absolute Gasteiger partial charge is 0.496 e. The molecule has 3 heterocycles. The number of unbranched alkanes of at least 4 members (excludes halogenated alkanes) is 2. The molecular formula is C30H40FN3O5. The third-order valence-corrected chi connectivity index (χ3v) is 8.10. The molecule has 9 heteroatoms. The Morgan fingerprint density at radius 3 is 2.77 bits per heavy atom. The molecule has 2 aromatic rings. The van der Waals surface area contributed by atoms with Crippen LogP contribution in [0.15, 0.2) is 18.2 Å². The maximum Gasteiger partial charge on any atom is 0.325 e. The fraction of sp³-hybridized carbons (Fsp3) is 0.600. The van der Waals surface area contributed by atoms with Crippen LogP contribution in [0.1, 0.15) is 79.3 Å². The second kappa shape index (κ2) is 12.5. The second-order valence-electron chi connectivity index (χ2n) is 10.9. The second-order valence-corrected chi connectivity index (χ2v) is 10.9. The smallest absolute Gasteiger partial charge is 0.325 e. The van der Waals surface area contributed by atoms with Crippen LogP contribution in [-0.4, -0.2) is 67.5 Å². The molecule has 5 rings (SSSR count). The van der Waals surface area contributed by atoms with Crippen molar-refractivity contribution in [2.75, 3.05) is 45.8 Å². The highest BCUT2D eigenvalue weighted by atomic mass is 19.1. The van der Waals surface area contributed by atoms with Crippen molar-refractivity contribution in [3.8, 4) is 11.5 Å². The molecule has 39 heavy (non-hydrogen) atoms. The molecule has 1 unspecified atom stereocenters. The lowest BCUT2D eigenvalue weighted by atomic mass is 9.99. The Morgan fingerprint density at radius 2 is 2.03 bits per heavy atom. The number of benzene rings is 1. The average molecular weight is 542 g/mol. The number of likely N-dealkylation sites (tertiary alicyclic amines) is 1. The molecule has 0 amide bonds. The van der Waals surface area contributed by atoms with Crippen LogP contribution in [0.25, 0.3) is 0 Å². The van der Waals surface area contributed by atoms with Gasteiger partial charge in [-0.3, -0.25) is 9.69 Å². The topological polar surface area (TPSA) is 93.2 Å². The summed E-state index contributed by atoms with van der Waals surface area (Å²) in [6.07, 6.45) is 8.69. The number of carboxylic acids is 1. The lowest BCUT2D eigenvalue weighted by molar-refractivity contribution is -0.143. The van der Waals surface area contributed by atoms with Crippen LogP contribution in [-0.2, 0) is 22.4 Å². The third kappa shape index (κ3) is 6.47. The number of aryl methyl sites for hydroxylation is 1. The van der Waals surface area contributed by atoms with Crippen LogP contribution in [0.4, 0.5) is 10.2 Å². The highest BCUT2D eigenvalue weighted by Crippen LogP contribution is 2.44. The summed E-state index contributed by atoms with van der Waals surface area (Å²) in [5, 5.41) is 13.5. The first-order valence-corrected chi connectivity index (χ1v) is 14.2. The number of hydrogen-bond acceptors (Lipinski definition) is 7. The number of carbonyl (C=O) groups is 1. The van der Waals surface area contributed by atoms with Gasteiger partial charge in [-0.1, -0.05) is 6.42 Å². The first kappa shape index (κ1) is 27.6. The Hall–Kier alpha value is -2.91. The Balaban J connectivity index is 1.10. The number of aliphatic carboxylic acids is 1. The van der Waals surface area contributed by atoms with Gasteiger partial charge in [-0.25, -0.2) is 9.37 Å². The fourth-order valence-electron chi connectivity index (χ4n) is 5.92. The van der Waals surface area contributed by atoms with E-state index < -0.39 is 17.8 Å². The van der Waals surface area contributed by atoms with Crippen LogP contribution >= 0.6 is 0 Å². The standard InChI is InChI=1S/C30H40FN3O5/c1-37-26-17-21(33-29-23(26)8-6-12-32-29)7-4-3-5-14-39-22-11-13-34(18-22)27(30(35)36)24-15-20(19-9-10-19)16-25(31)28(24)38-2/h15-17,19,22,27H,3-14,18H2,1-2H3,(H,32,33)(H,35,36)/t22-,27?/m1/s1. The molecule has 1 aromatic heterocycles. The molecule has 0 radical (unpaired) electrons. The number of hydrogen-bond donors (Lipinski definition) is 2. The predicted octanol–water partition coefficient (Wildman–Crippen LogP) is 5.10. The number of ether oxygens (including phenoxy) is 3. The molecule has 2 aliphatic heterocycles. The summed E-state index contributed by atoms with van der Waals surface area (Å²) in [6.45, 7) is 2.67. The fourth-order valence-corrected chi connectivity index (χ4v) is 5.92. The van der Waals surface area contributed by atoms with Gasteiger partial charge < -0.3 is 24.6 Å². The summed E-state index contributed by atoms with van der Waals surface area (Å²) < 4.78 is 31.8. The molecule has 1 aliphatic carbocycles. The summed E-state index contributed by atoms with van der Waals surface area (Å²) in [5.41, 5.74) is 3.48. The van der Waals surface area contributed by atoms with Crippen LogP contribution in [0.3, 0.4) is 0 Å². The minimum Gasteiger partial charge on any atom is -0.496 e. The zero-order valence-corrected chi connectivity index (χ0v) is 23.0. The zero-order valence-electron chi connectivity index (χ0n) is 23.0. The normalized spacial score (nSPS) is 19.8. The summed E-state index contributed by atoms with van der Waals surface area (Å²) in [6, 6.07) is 4.42. The Morgan fingerprint density at radius 1 is 1.18 bits per heavy atom. The average Bonchev–Trinajstić information content (AvgIpc) is 3.69. The Bertz CT molecular complexity index is 1150. The van der Waals surface area contributed by atoms with E-state index >= 15 is 0 Å². The van der Waals surface area contributed by atoms with Gasteiger partial charge in [-0.15, -0.1) is 0 Å². The predicted molar refractivity (Wildman–Crippen MR) is 146 cm³/mol. The first-order valence-electron chi connectivity index (χ1n) is 14.2. The van der Waals surface area contributed by atoms with Gasteiger partial charge >= 0.3 is 5.97 Å². The first-order chi connectivity index (χ1) is 19.0. The van der Waals surface area contributed by atoms with Crippen LogP contribution in [0.2, 0.25) is 0 Å². The van der Waals surface area contributed by atoms with Crippen molar-refractivity contribution in [2.45, 2.75) is 75.9 Å². The number of anilines is 1. The lowest BCUT2D eigenvalue weighted by Gasteiger charge is -2.26. The number of pyridine rings is 1. The van der Waals surface area contributed by atoms with E-state index in [1.807, 2.05) is 11.0 Å². The zero-order chi connectivity index (χ0) is 27.4. The summed E-state index contributed by atoms with van der Waals surface area (Å²) in [4.78, 5) is 19.0. The number of methoxy groups -OCH3 is 2. The van der Waals surface area contributed by atoms with Gasteiger partial charge in [0.15, 0.2) is 11.6 Å². The molecule has 2 atom stereocenters. The summed E-state index contributed by atoms with van der Waals surface area (Å²) in [5.74, 6) is 0.743. The molecular weight excluding hydrogens is 501 g/mol. The number of nitrogens with one attached hydrogen (secondary N) is 1. The van der Waals surface area contributed by atoms with Crippen molar-refractivity contribution in [3.63, 3.8) is 0 Å². The molecule has 212 valence electrons. The molecule has 0 bridgehead atoms. The lowest BCUT2D eigenvalue weighted by Crippen LogP contribution is -2.34. The van der Waals surface area contributed by atoms with E-state index in [-0.39, 0.29) is 11.9 Å². The van der Waals surface area contributed by atoms with E-state index in [0.717, 1.165) is 87.2 Å². The van der Waals surface area contributed by atoms with E-state index in [9.17, 15) is 14.3 Å². The van der Waals surface area contributed by atoms with E-state index in [2.05, 4.69) is 11.4 Å². The molecule has 1 aromatic carbocycles. The maximum absolute atomic E-state index is 14.8. The SMILES string of the molecule is COc1cc(CCCCCO[C@@H]2CCN(C(C(=O)O)c3cc(C4CC4)cc(F)c3OC)C2)nc2c1CCCN2. The number of rotatable bonds is 13. The van der Waals surface area contributed by atoms with E-state index in [1.165, 1.54) is 18.7 Å². The van der Waals surface area contributed by atoms with Crippen LogP contribution < -0.4 is 14.8 Å². The van der Waals surface area contributed by atoms with Gasteiger partial charge in [0, 0.05) is 49.1 Å². The Kier molecular flexibility index (Phi) is 8.87. The molecule has 2 N–H and O–H groups in total. The number of halogens is 1. The molecule has 2 fully saturated rings. The highest BCUT2D eigenvalue weighted by Gasteiger charge is 2.37. The van der Waals surface area contributed by atoms with Crippen molar-refractivity contribution >= 4 is 11.8 Å². The monoisotopic (exact) mass is 541 g/mol. The molecule has 8 nitrogen and oxygen atoms in total. The van der Waals surface area contributed by atoms with Gasteiger partial charge in [0.2, 0.25) is 0 Å². The van der Waals surface area contributed by atoms with Gasteiger partial charge in [0.05, 0.1) is 20.3 Å². The van der Waals surface area contributed by atoms with E-state index in [4.69, 9.17) is 19.2 Å². The van der Waals surface area contributed by atoms with Gasteiger partial charge in [-0.05, 0) is 75.0 Å². The van der Waals surface area contributed by atoms with Crippen molar-refractivity contribution in [1.82, 2.24) is 9.88 Å². The minimum absolute atomic E-state index is 0.0259. The van der Waals surface area contributed by atoms with E-state index in [0.29, 0.717) is 31.2 Å². The third-order valence-electron chi connectivity index (χ3n) is 8.10. The van der Waals surface area contributed by atoms with Crippen LogP contribution in [0.5, 0.6) is 11.5 Å². The van der Waals surface area contributed by atoms with Gasteiger partial charge in [-0.2, -0.15) is 0 Å². The Labute approximate surface area is 229 Å². The summed E-state index contributed by atoms with van der Waals surface area (Å²) in [7, 11) is 3.11. The van der Waals surface area contributed by atoms with Crippen molar-refractivity contribution in [2.24, 2.45) is 0 Å². The number of aromatic nitrogens is 1. The van der Waals surface area contributed by atoms with Gasteiger partial charge in [0.1, 0.15) is 17.6 Å². The van der Waals surface area contributed by atoms with Crippen molar-refractivity contribution in [3.05, 3.63) is 46.4 Å². The number of fused-ring (bicyclic) bond motifs is 1. The van der Waals surface area contributed by atoms with Crippen LogP contribution in [0, 0.1) is 5.82 Å². The molecule has 0 spiro atoms. The van der Waals surface area contributed by atoms with Gasteiger partial charge in [0.25, 0.3) is 0 Å². The highest BCUT2D eigenvalue weighted by molar-refractivity contribution is 5.77. The number of nitrogens with zero attached hydrogens (tertiary/aromatic N) is 2. The number of carboxylic acid groups (broad SMARTS) is 1. The van der Waals surface area contributed by atoms with E-state index in [1.54, 1.807) is 7.11 Å². The van der Waals surface area contributed by atoms with Crippen molar-refractivity contribution < 1.29 is 28.5 Å². The molecule has 1 saturated heterocycles.